The Balaban J connectivity index is 1.88. The number of amides is 1. The first-order chi connectivity index (χ1) is 12.4. The molecule has 0 bridgehead atoms. The van der Waals surface area contributed by atoms with Gasteiger partial charge in [-0.15, -0.1) is 0 Å². The molecule has 0 radical (unpaired) electrons. The van der Waals surface area contributed by atoms with Gasteiger partial charge in [-0.25, -0.2) is 4.79 Å². The number of esters is 2. The smallest absolute Gasteiger partial charge is 0.337 e. The molecule has 1 saturated heterocycles. The standard InChI is InChI=1S/C19H26N2O5/c1-4-26-19(24)14-7-9-21(10-8-14)12-17(22)20-16-11-15(18(23)25-3)6-5-13(16)2/h5-6,11,14H,4,7-10,12H2,1-3H3,(H,20,22)/p+1. The fourth-order valence-electron chi connectivity index (χ4n) is 3.12. The Bertz CT molecular complexity index is 666. The van der Waals surface area contributed by atoms with Gasteiger partial charge in [-0.05, 0) is 31.5 Å². The highest BCUT2D eigenvalue weighted by atomic mass is 16.5. The van der Waals surface area contributed by atoms with Crippen LogP contribution in [0, 0.1) is 12.8 Å². The molecule has 1 aromatic rings. The zero-order valence-electron chi connectivity index (χ0n) is 15.6. The monoisotopic (exact) mass is 363 g/mol. The van der Waals surface area contributed by atoms with E-state index in [1.165, 1.54) is 7.11 Å². The molecular weight excluding hydrogens is 336 g/mol. The minimum atomic E-state index is -0.438. The van der Waals surface area contributed by atoms with Gasteiger partial charge in [-0.1, -0.05) is 6.07 Å². The van der Waals surface area contributed by atoms with Crippen LogP contribution in [0.2, 0.25) is 0 Å². The maximum absolute atomic E-state index is 12.4. The number of methoxy groups -OCH3 is 1. The number of aryl methyl sites for hydroxylation is 1. The third kappa shape index (κ3) is 5.29. The second-order valence-electron chi connectivity index (χ2n) is 6.52. The number of nitrogens with one attached hydrogen (secondary N) is 2. The third-order valence-corrected chi connectivity index (χ3v) is 4.66. The van der Waals surface area contributed by atoms with E-state index in [9.17, 15) is 14.4 Å². The highest BCUT2D eigenvalue weighted by Crippen LogP contribution is 2.17. The highest BCUT2D eigenvalue weighted by molar-refractivity contribution is 5.95. The first-order valence-electron chi connectivity index (χ1n) is 8.93. The molecule has 0 saturated carbocycles. The van der Waals surface area contributed by atoms with Crippen molar-refractivity contribution in [3.63, 3.8) is 0 Å². The fraction of sp³-hybridized carbons (Fsp3) is 0.526. The maximum atomic E-state index is 12.4. The van der Waals surface area contributed by atoms with E-state index in [4.69, 9.17) is 9.47 Å². The average molecular weight is 363 g/mol. The van der Waals surface area contributed by atoms with Crippen LogP contribution in [0.4, 0.5) is 5.69 Å². The molecule has 0 atom stereocenters. The number of benzene rings is 1. The molecule has 1 fully saturated rings. The minimum absolute atomic E-state index is 0.0549. The quantitative estimate of drug-likeness (QED) is 0.722. The number of anilines is 1. The van der Waals surface area contributed by atoms with Crippen LogP contribution in [-0.2, 0) is 19.1 Å². The van der Waals surface area contributed by atoms with Gasteiger partial charge in [-0.3, -0.25) is 9.59 Å². The van der Waals surface area contributed by atoms with Gasteiger partial charge in [0.15, 0.2) is 6.54 Å². The van der Waals surface area contributed by atoms with Gasteiger partial charge >= 0.3 is 11.9 Å². The van der Waals surface area contributed by atoms with Crippen molar-refractivity contribution in [3.05, 3.63) is 29.3 Å². The summed E-state index contributed by atoms with van der Waals surface area (Å²) in [6, 6.07) is 5.07. The molecule has 1 heterocycles. The van der Waals surface area contributed by atoms with Crippen LogP contribution in [0.15, 0.2) is 18.2 Å². The van der Waals surface area contributed by atoms with Crippen molar-refractivity contribution in [2.75, 3.05) is 38.7 Å². The minimum Gasteiger partial charge on any atom is -0.466 e. The lowest BCUT2D eigenvalue weighted by Crippen LogP contribution is -3.14. The second kappa shape index (κ2) is 9.33. The van der Waals surface area contributed by atoms with Crippen molar-refractivity contribution < 1.29 is 28.8 Å². The van der Waals surface area contributed by atoms with E-state index in [0.29, 0.717) is 24.4 Å². The first-order valence-corrected chi connectivity index (χ1v) is 8.93. The summed E-state index contributed by atoms with van der Waals surface area (Å²) in [6.07, 6.45) is 1.47. The van der Waals surface area contributed by atoms with Crippen LogP contribution in [0.1, 0.15) is 35.7 Å². The third-order valence-electron chi connectivity index (χ3n) is 4.66. The lowest BCUT2D eigenvalue weighted by atomic mass is 9.97. The first kappa shape index (κ1) is 19.9. The molecule has 0 spiro atoms. The van der Waals surface area contributed by atoms with Crippen molar-refractivity contribution >= 4 is 23.5 Å². The Morgan fingerprint density at radius 3 is 2.54 bits per heavy atom. The van der Waals surface area contributed by atoms with E-state index in [-0.39, 0.29) is 17.8 Å². The Kier molecular flexibility index (Phi) is 7.15. The number of hydrogen-bond acceptors (Lipinski definition) is 5. The van der Waals surface area contributed by atoms with Crippen LogP contribution >= 0.6 is 0 Å². The molecule has 2 rings (SSSR count). The van der Waals surface area contributed by atoms with Gasteiger partial charge in [-0.2, -0.15) is 0 Å². The Hall–Kier alpha value is -2.41. The number of ether oxygens (including phenoxy) is 2. The summed E-state index contributed by atoms with van der Waals surface area (Å²) in [5.74, 6) is -0.737. The number of carbonyl (C=O) groups is 3. The summed E-state index contributed by atoms with van der Waals surface area (Å²) in [7, 11) is 1.32. The van der Waals surface area contributed by atoms with Crippen molar-refractivity contribution in [1.29, 1.82) is 0 Å². The van der Waals surface area contributed by atoms with E-state index in [1.807, 2.05) is 6.92 Å². The SMILES string of the molecule is CCOC(=O)C1CC[NH+](CC(=O)Nc2cc(C(=O)OC)ccc2C)CC1. The fourth-order valence-corrected chi connectivity index (χ4v) is 3.12. The molecule has 1 amide bonds. The number of likely N-dealkylation sites (tertiary alicyclic amines) is 1. The van der Waals surface area contributed by atoms with E-state index in [0.717, 1.165) is 36.4 Å². The van der Waals surface area contributed by atoms with Gasteiger partial charge in [0.25, 0.3) is 5.91 Å². The van der Waals surface area contributed by atoms with E-state index >= 15 is 0 Å². The van der Waals surface area contributed by atoms with Crippen LogP contribution in [0.5, 0.6) is 0 Å². The van der Waals surface area contributed by atoms with Crippen molar-refractivity contribution in [2.24, 2.45) is 5.92 Å². The van der Waals surface area contributed by atoms with Gasteiger partial charge in [0.2, 0.25) is 0 Å². The molecule has 1 aliphatic heterocycles. The van der Waals surface area contributed by atoms with Crippen molar-refractivity contribution in [1.82, 2.24) is 0 Å². The van der Waals surface area contributed by atoms with Crippen LogP contribution in [0.25, 0.3) is 0 Å². The molecule has 0 unspecified atom stereocenters. The number of rotatable bonds is 6. The maximum Gasteiger partial charge on any atom is 0.337 e. The van der Waals surface area contributed by atoms with Crippen LogP contribution < -0.4 is 10.2 Å². The number of hydrogen-bond donors (Lipinski definition) is 2. The summed E-state index contributed by atoms with van der Waals surface area (Å²) in [5.41, 5.74) is 1.89. The predicted octanol–water partition coefficient (Wildman–Crippen LogP) is 0.578. The zero-order valence-corrected chi connectivity index (χ0v) is 15.6. The Morgan fingerprint density at radius 2 is 1.92 bits per heavy atom. The predicted molar refractivity (Wildman–Crippen MR) is 96.1 cm³/mol. The highest BCUT2D eigenvalue weighted by Gasteiger charge is 2.29. The molecule has 2 N–H and O–H groups in total. The van der Waals surface area contributed by atoms with Crippen molar-refractivity contribution in [2.45, 2.75) is 26.7 Å². The Labute approximate surface area is 153 Å². The molecule has 7 nitrogen and oxygen atoms in total. The molecule has 1 aliphatic rings. The summed E-state index contributed by atoms with van der Waals surface area (Å²) in [6.45, 7) is 5.93. The molecule has 26 heavy (non-hydrogen) atoms. The number of carbonyl (C=O) groups excluding carboxylic acids is 3. The average Bonchev–Trinajstić information content (AvgIpc) is 2.63. The van der Waals surface area contributed by atoms with Crippen LogP contribution in [-0.4, -0.2) is 51.2 Å². The van der Waals surface area contributed by atoms with Gasteiger partial charge in [0.05, 0.1) is 38.3 Å². The zero-order chi connectivity index (χ0) is 19.1. The van der Waals surface area contributed by atoms with Crippen LogP contribution in [0.3, 0.4) is 0 Å². The molecule has 0 aliphatic carbocycles. The van der Waals surface area contributed by atoms with Gasteiger partial charge in [0, 0.05) is 18.5 Å². The summed E-state index contributed by atoms with van der Waals surface area (Å²) >= 11 is 0. The molecular formula is C19H27N2O5+. The van der Waals surface area contributed by atoms with Gasteiger partial charge < -0.3 is 19.7 Å². The topological polar surface area (TPSA) is 86.1 Å². The molecule has 142 valence electrons. The molecule has 0 aromatic heterocycles. The Morgan fingerprint density at radius 1 is 1.23 bits per heavy atom. The lowest BCUT2D eigenvalue weighted by Gasteiger charge is -2.27. The molecule has 1 aromatic carbocycles. The van der Waals surface area contributed by atoms with Crippen molar-refractivity contribution in [3.8, 4) is 0 Å². The molecule has 7 heteroatoms. The number of quaternary nitrogens is 1. The second-order valence-corrected chi connectivity index (χ2v) is 6.52. The van der Waals surface area contributed by atoms with E-state index in [1.54, 1.807) is 25.1 Å². The number of piperidine rings is 1. The normalized spacial score (nSPS) is 19.5. The summed E-state index contributed by atoms with van der Waals surface area (Å²) in [4.78, 5) is 36.9. The van der Waals surface area contributed by atoms with E-state index in [2.05, 4.69) is 5.32 Å². The summed E-state index contributed by atoms with van der Waals surface area (Å²) in [5, 5.41) is 2.87. The largest absolute Gasteiger partial charge is 0.466 e. The summed E-state index contributed by atoms with van der Waals surface area (Å²) < 4.78 is 9.78. The van der Waals surface area contributed by atoms with Gasteiger partial charge in [0.1, 0.15) is 0 Å². The lowest BCUT2D eigenvalue weighted by molar-refractivity contribution is -0.897. The van der Waals surface area contributed by atoms with E-state index < -0.39 is 5.97 Å².